The lowest BCUT2D eigenvalue weighted by Crippen LogP contribution is -2.40. The molecule has 0 aliphatic carbocycles. The number of allylic oxidation sites excluding steroid dienone is 1. The van der Waals surface area contributed by atoms with Gasteiger partial charge in [0.25, 0.3) is 5.91 Å². The molecule has 0 bridgehead atoms. The maximum Gasteiger partial charge on any atom is 0.264 e. The number of amides is 1. The quantitative estimate of drug-likeness (QED) is 0.669. The van der Waals surface area contributed by atoms with E-state index in [1.165, 1.54) is 0 Å². The average Bonchev–Trinajstić information content (AvgIpc) is 2.90. The Morgan fingerprint density at radius 2 is 2.09 bits per heavy atom. The SMILES string of the molecule is CC(C)(C)C=C(C#N)C(=O)N1CCC(n2cc(N)cn2)CC1. The third-order valence-electron chi connectivity index (χ3n) is 3.68. The molecule has 1 saturated heterocycles. The number of aromatic nitrogens is 2. The van der Waals surface area contributed by atoms with Crippen molar-refractivity contribution in [1.29, 1.82) is 5.26 Å². The van der Waals surface area contributed by atoms with Gasteiger partial charge in [-0.2, -0.15) is 10.4 Å². The van der Waals surface area contributed by atoms with Crippen LogP contribution in [0.25, 0.3) is 0 Å². The first-order valence-corrected chi connectivity index (χ1v) is 7.52. The number of nitriles is 1. The first-order valence-electron chi connectivity index (χ1n) is 7.52. The van der Waals surface area contributed by atoms with Gasteiger partial charge in [-0.05, 0) is 18.3 Å². The Kier molecular flexibility index (Phi) is 4.55. The minimum Gasteiger partial charge on any atom is -0.396 e. The lowest BCUT2D eigenvalue weighted by molar-refractivity contribution is -0.128. The molecule has 0 aromatic carbocycles. The topological polar surface area (TPSA) is 87.9 Å². The maximum atomic E-state index is 12.4. The van der Waals surface area contributed by atoms with Crippen molar-refractivity contribution in [2.75, 3.05) is 18.8 Å². The first-order chi connectivity index (χ1) is 10.3. The van der Waals surface area contributed by atoms with Crippen LogP contribution in [0.1, 0.15) is 39.7 Å². The fourth-order valence-electron chi connectivity index (χ4n) is 2.63. The summed E-state index contributed by atoms with van der Waals surface area (Å²) in [4.78, 5) is 14.2. The monoisotopic (exact) mass is 301 g/mol. The molecule has 1 fully saturated rings. The maximum absolute atomic E-state index is 12.4. The average molecular weight is 301 g/mol. The van der Waals surface area contributed by atoms with Crippen LogP contribution in [0.3, 0.4) is 0 Å². The van der Waals surface area contributed by atoms with Crippen molar-refractivity contribution in [2.24, 2.45) is 5.41 Å². The number of carbonyl (C=O) groups is 1. The molecule has 22 heavy (non-hydrogen) atoms. The second-order valence-corrected chi connectivity index (χ2v) is 6.81. The van der Waals surface area contributed by atoms with Crippen molar-refractivity contribution >= 4 is 11.6 Å². The van der Waals surface area contributed by atoms with Gasteiger partial charge < -0.3 is 10.6 Å². The minimum atomic E-state index is -0.189. The van der Waals surface area contributed by atoms with E-state index in [0.717, 1.165) is 12.8 Å². The van der Waals surface area contributed by atoms with Crippen molar-refractivity contribution in [3.8, 4) is 6.07 Å². The van der Waals surface area contributed by atoms with Crippen LogP contribution < -0.4 is 5.73 Å². The summed E-state index contributed by atoms with van der Waals surface area (Å²) in [5.74, 6) is -0.171. The van der Waals surface area contributed by atoms with E-state index in [1.54, 1.807) is 17.2 Å². The van der Waals surface area contributed by atoms with Gasteiger partial charge in [0.1, 0.15) is 11.6 Å². The number of hydrogen-bond acceptors (Lipinski definition) is 4. The van der Waals surface area contributed by atoms with Crippen LogP contribution in [0.5, 0.6) is 0 Å². The Balaban J connectivity index is 2.00. The van der Waals surface area contributed by atoms with Gasteiger partial charge in [-0.15, -0.1) is 0 Å². The predicted octanol–water partition coefficient (Wildman–Crippen LogP) is 2.12. The third kappa shape index (κ3) is 3.88. The van der Waals surface area contributed by atoms with Gasteiger partial charge in [-0.1, -0.05) is 26.8 Å². The number of nitrogens with two attached hydrogens (primary N) is 1. The predicted molar refractivity (Wildman–Crippen MR) is 84.6 cm³/mol. The molecule has 2 N–H and O–H groups in total. The zero-order chi connectivity index (χ0) is 16.3. The fourth-order valence-corrected chi connectivity index (χ4v) is 2.63. The number of nitrogens with zero attached hydrogens (tertiary/aromatic N) is 4. The highest BCUT2D eigenvalue weighted by Gasteiger charge is 2.27. The van der Waals surface area contributed by atoms with Crippen LogP contribution in [-0.4, -0.2) is 33.7 Å². The van der Waals surface area contributed by atoms with E-state index in [2.05, 4.69) is 5.10 Å². The number of hydrogen-bond donors (Lipinski definition) is 1. The zero-order valence-electron chi connectivity index (χ0n) is 13.4. The molecule has 6 heteroatoms. The van der Waals surface area contributed by atoms with Gasteiger partial charge in [-0.3, -0.25) is 9.48 Å². The summed E-state index contributed by atoms with van der Waals surface area (Å²) in [5, 5.41) is 13.5. The number of anilines is 1. The molecular formula is C16H23N5O. The molecular weight excluding hydrogens is 278 g/mol. The van der Waals surface area contributed by atoms with E-state index < -0.39 is 0 Å². The Bertz CT molecular complexity index is 609. The molecule has 0 unspecified atom stereocenters. The molecule has 6 nitrogen and oxygen atoms in total. The number of piperidine rings is 1. The van der Waals surface area contributed by atoms with Crippen molar-refractivity contribution in [3.05, 3.63) is 24.0 Å². The fraction of sp³-hybridized carbons (Fsp3) is 0.562. The largest absolute Gasteiger partial charge is 0.396 e. The van der Waals surface area contributed by atoms with Gasteiger partial charge in [0.2, 0.25) is 0 Å². The van der Waals surface area contributed by atoms with Crippen LogP contribution in [0.4, 0.5) is 5.69 Å². The van der Waals surface area contributed by atoms with Crippen molar-refractivity contribution in [3.63, 3.8) is 0 Å². The van der Waals surface area contributed by atoms with Crippen LogP contribution in [0.15, 0.2) is 24.0 Å². The van der Waals surface area contributed by atoms with Gasteiger partial charge in [0, 0.05) is 19.3 Å². The number of rotatable bonds is 2. The summed E-state index contributed by atoms with van der Waals surface area (Å²) in [5.41, 5.74) is 6.38. The van der Waals surface area contributed by atoms with E-state index in [1.807, 2.05) is 37.7 Å². The molecule has 1 aliphatic heterocycles. The molecule has 0 atom stereocenters. The molecule has 0 spiro atoms. The lowest BCUT2D eigenvalue weighted by atomic mass is 9.93. The van der Waals surface area contributed by atoms with Gasteiger partial charge in [-0.25, -0.2) is 0 Å². The van der Waals surface area contributed by atoms with Crippen molar-refractivity contribution in [1.82, 2.24) is 14.7 Å². The molecule has 2 heterocycles. The molecule has 2 rings (SSSR count). The molecule has 1 aromatic heterocycles. The highest BCUT2D eigenvalue weighted by Crippen LogP contribution is 2.24. The van der Waals surface area contributed by atoms with E-state index in [-0.39, 0.29) is 22.9 Å². The highest BCUT2D eigenvalue weighted by molar-refractivity contribution is 5.97. The van der Waals surface area contributed by atoms with E-state index >= 15 is 0 Å². The highest BCUT2D eigenvalue weighted by atomic mass is 16.2. The normalized spacial score (nSPS) is 17.4. The summed E-state index contributed by atoms with van der Waals surface area (Å²) in [7, 11) is 0. The second kappa shape index (κ2) is 6.22. The van der Waals surface area contributed by atoms with E-state index in [0.29, 0.717) is 18.8 Å². The molecule has 0 radical (unpaired) electrons. The number of nitrogen functional groups attached to an aromatic ring is 1. The van der Waals surface area contributed by atoms with Crippen LogP contribution in [0.2, 0.25) is 0 Å². The summed E-state index contributed by atoms with van der Waals surface area (Å²) < 4.78 is 1.87. The standard InChI is InChI=1S/C16H23N5O/c1-16(2,3)8-12(9-17)15(22)20-6-4-14(5-7-20)21-11-13(18)10-19-21/h8,10-11,14H,4-7,18H2,1-3H3. The van der Waals surface area contributed by atoms with Crippen LogP contribution in [0, 0.1) is 16.7 Å². The van der Waals surface area contributed by atoms with Gasteiger partial charge >= 0.3 is 0 Å². The Labute approximate surface area is 131 Å². The number of likely N-dealkylation sites (tertiary alicyclic amines) is 1. The lowest BCUT2D eigenvalue weighted by Gasteiger charge is -2.32. The minimum absolute atomic E-state index is 0.171. The van der Waals surface area contributed by atoms with E-state index in [4.69, 9.17) is 5.73 Å². The Morgan fingerprint density at radius 3 is 2.55 bits per heavy atom. The van der Waals surface area contributed by atoms with E-state index in [9.17, 15) is 10.1 Å². The molecule has 1 aromatic rings. The molecule has 0 saturated carbocycles. The third-order valence-corrected chi connectivity index (χ3v) is 3.68. The van der Waals surface area contributed by atoms with Crippen LogP contribution in [-0.2, 0) is 4.79 Å². The van der Waals surface area contributed by atoms with Crippen molar-refractivity contribution in [2.45, 2.75) is 39.7 Å². The summed E-state index contributed by atoms with van der Waals surface area (Å²) >= 11 is 0. The smallest absolute Gasteiger partial charge is 0.264 e. The first kappa shape index (κ1) is 16.1. The second-order valence-electron chi connectivity index (χ2n) is 6.81. The molecule has 1 aliphatic rings. The summed E-state index contributed by atoms with van der Waals surface area (Å²) in [6, 6.07) is 2.30. The number of carbonyl (C=O) groups excluding carboxylic acids is 1. The van der Waals surface area contributed by atoms with Crippen molar-refractivity contribution < 1.29 is 4.79 Å². The van der Waals surface area contributed by atoms with Crippen LogP contribution >= 0.6 is 0 Å². The Hall–Kier alpha value is -2.29. The molecule has 118 valence electrons. The molecule has 1 amide bonds. The zero-order valence-corrected chi connectivity index (χ0v) is 13.4. The van der Waals surface area contributed by atoms with Gasteiger partial charge in [0.15, 0.2) is 0 Å². The summed E-state index contributed by atoms with van der Waals surface area (Å²) in [6.07, 6.45) is 6.84. The van der Waals surface area contributed by atoms with Gasteiger partial charge in [0.05, 0.1) is 17.9 Å². The summed E-state index contributed by atoms with van der Waals surface area (Å²) in [6.45, 7) is 7.20. The Morgan fingerprint density at radius 1 is 1.45 bits per heavy atom.